The molecule has 1 heterocycles. The Hall–Kier alpha value is -0.510. The monoisotopic (exact) mass is 290 g/mol. The molecule has 0 aliphatic carbocycles. The lowest BCUT2D eigenvalue weighted by molar-refractivity contribution is 0.880. The normalized spacial score (nSPS) is 10.5. The highest BCUT2D eigenvalue weighted by molar-refractivity contribution is 9.10. The first-order valence-corrected chi connectivity index (χ1v) is 5.38. The largest absolute Gasteiger partial charge is 0.222 e. The molecule has 0 bridgehead atoms. The summed E-state index contributed by atoms with van der Waals surface area (Å²) < 4.78 is 2.45. The standard InChI is InChI=1S/C9H5BrCl2N2/c10-7-5-6(1-2-8(7)11)14-9(12)3-4-13-14/h1-5H. The van der Waals surface area contributed by atoms with Crippen molar-refractivity contribution in [1.29, 1.82) is 0 Å². The van der Waals surface area contributed by atoms with E-state index in [0.717, 1.165) is 10.2 Å². The fourth-order valence-corrected chi connectivity index (χ4v) is 1.78. The molecule has 0 atom stereocenters. The van der Waals surface area contributed by atoms with Gasteiger partial charge in [0.15, 0.2) is 0 Å². The van der Waals surface area contributed by atoms with Gasteiger partial charge in [0.2, 0.25) is 0 Å². The molecule has 0 aliphatic heterocycles. The molecular weight excluding hydrogens is 287 g/mol. The minimum atomic E-state index is 0.569. The molecule has 1 aromatic heterocycles. The summed E-state index contributed by atoms with van der Waals surface area (Å²) in [6, 6.07) is 7.23. The number of hydrogen-bond donors (Lipinski definition) is 0. The first-order chi connectivity index (χ1) is 6.68. The molecule has 72 valence electrons. The second-order valence-electron chi connectivity index (χ2n) is 2.66. The van der Waals surface area contributed by atoms with E-state index in [0.29, 0.717) is 10.2 Å². The van der Waals surface area contributed by atoms with Crippen LogP contribution in [0.5, 0.6) is 0 Å². The van der Waals surface area contributed by atoms with Crippen LogP contribution < -0.4 is 0 Å². The van der Waals surface area contributed by atoms with Gasteiger partial charge in [0, 0.05) is 4.47 Å². The van der Waals surface area contributed by atoms with E-state index < -0.39 is 0 Å². The van der Waals surface area contributed by atoms with Crippen LogP contribution in [-0.2, 0) is 0 Å². The quantitative estimate of drug-likeness (QED) is 0.778. The van der Waals surface area contributed by atoms with Gasteiger partial charge in [0.05, 0.1) is 16.9 Å². The van der Waals surface area contributed by atoms with Crippen molar-refractivity contribution in [1.82, 2.24) is 9.78 Å². The van der Waals surface area contributed by atoms with Crippen molar-refractivity contribution in [3.05, 3.63) is 45.1 Å². The summed E-state index contributed by atoms with van der Waals surface area (Å²) >= 11 is 15.1. The Morgan fingerprint density at radius 3 is 2.57 bits per heavy atom. The average Bonchev–Trinajstić information content (AvgIpc) is 2.57. The van der Waals surface area contributed by atoms with Crippen LogP contribution in [0.2, 0.25) is 10.2 Å². The van der Waals surface area contributed by atoms with Crippen LogP contribution in [0.3, 0.4) is 0 Å². The molecule has 2 nitrogen and oxygen atoms in total. The van der Waals surface area contributed by atoms with Crippen molar-refractivity contribution in [3.8, 4) is 5.69 Å². The van der Waals surface area contributed by atoms with Gasteiger partial charge in [-0.3, -0.25) is 0 Å². The van der Waals surface area contributed by atoms with Crippen LogP contribution in [0, 0.1) is 0 Å². The number of benzene rings is 1. The van der Waals surface area contributed by atoms with Crippen LogP contribution in [0.1, 0.15) is 0 Å². The van der Waals surface area contributed by atoms with Crippen molar-refractivity contribution in [3.63, 3.8) is 0 Å². The molecule has 0 N–H and O–H groups in total. The van der Waals surface area contributed by atoms with Gasteiger partial charge < -0.3 is 0 Å². The first kappa shape index (κ1) is 10.0. The van der Waals surface area contributed by atoms with Gasteiger partial charge >= 0.3 is 0 Å². The van der Waals surface area contributed by atoms with Gasteiger partial charge in [-0.1, -0.05) is 23.2 Å². The van der Waals surface area contributed by atoms with E-state index in [1.807, 2.05) is 12.1 Å². The molecular formula is C9H5BrCl2N2. The molecule has 0 radical (unpaired) electrons. The third-order valence-electron chi connectivity index (χ3n) is 1.74. The molecule has 0 fully saturated rings. The zero-order valence-electron chi connectivity index (χ0n) is 6.92. The SMILES string of the molecule is Clc1ccc(-n2nccc2Cl)cc1Br. The number of rotatable bonds is 1. The van der Waals surface area contributed by atoms with Crippen LogP contribution in [0.25, 0.3) is 5.69 Å². The van der Waals surface area contributed by atoms with Gasteiger partial charge in [-0.15, -0.1) is 0 Å². The highest BCUT2D eigenvalue weighted by Crippen LogP contribution is 2.25. The Balaban J connectivity index is 2.53. The van der Waals surface area contributed by atoms with E-state index >= 15 is 0 Å². The fraction of sp³-hybridized carbons (Fsp3) is 0. The van der Waals surface area contributed by atoms with Crippen molar-refractivity contribution in [2.45, 2.75) is 0 Å². The summed E-state index contributed by atoms with van der Waals surface area (Å²) in [6.07, 6.45) is 1.64. The topological polar surface area (TPSA) is 17.8 Å². The minimum absolute atomic E-state index is 0.569. The molecule has 0 amide bonds. The maximum absolute atomic E-state index is 5.92. The molecule has 0 saturated heterocycles. The second-order valence-corrected chi connectivity index (χ2v) is 4.31. The van der Waals surface area contributed by atoms with Gasteiger partial charge in [0.1, 0.15) is 5.15 Å². The zero-order chi connectivity index (χ0) is 10.1. The second kappa shape index (κ2) is 3.93. The molecule has 5 heteroatoms. The number of halogens is 3. The lowest BCUT2D eigenvalue weighted by Gasteiger charge is -2.04. The Morgan fingerprint density at radius 2 is 2.00 bits per heavy atom. The van der Waals surface area contributed by atoms with Gasteiger partial charge in [0.25, 0.3) is 0 Å². The summed E-state index contributed by atoms with van der Waals surface area (Å²) in [7, 11) is 0. The number of hydrogen-bond acceptors (Lipinski definition) is 1. The fourth-order valence-electron chi connectivity index (χ4n) is 1.09. The van der Waals surface area contributed by atoms with E-state index in [9.17, 15) is 0 Å². The van der Waals surface area contributed by atoms with Crippen molar-refractivity contribution >= 4 is 39.1 Å². The van der Waals surface area contributed by atoms with E-state index in [1.165, 1.54) is 0 Å². The van der Waals surface area contributed by atoms with Gasteiger partial charge in [-0.05, 0) is 40.2 Å². The summed E-state index contributed by atoms with van der Waals surface area (Å²) in [5, 5.41) is 5.31. The van der Waals surface area contributed by atoms with Gasteiger partial charge in [-0.25, -0.2) is 4.68 Å². The number of nitrogens with zero attached hydrogens (tertiary/aromatic N) is 2. The highest BCUT2D eigenvalue weighted by Gasteiger charge is 2.04. The van der Waals surface area contributed by atoms with Crippen LogP contribution >= 0.6 is 39.1 Å². The summed E-state index contributed by atoms with van der Waals surface area (Å²) in [5.41, 5.74) is 0.872. The molecule has 0 saturated carbocycles. The van der Waals surface area contributed by atoms with E-state index in [-0.39, 0.29) is 0 Å². The van der Waals surface area contributed by atoms with E-state index in [2.05, 4.69) is 21.0 Å². The molecule has 0 spiro atoms. The van der Waals surface area contributed by atoms with E-state index in [4.69, 9.17) is 23.2 Å². The van der Waals surface area contributed by atoms with Crippen LogP contribution in [0.15, 0.2) is 34.9 Å². The average molecular weight is 292 g/mol. The van der Waals surface area contributed by atoms with Crippen molar-refractivity contribution < 1.29 is 0 Å². The highest BCUT2D eigenvalue weighted by atomic mass is 79.9. The Morgan fingerprint density at radius 1 is 1.21 bits per heavy atom. The minimum Gasteiger partial charge on any atom is -0.222 e. The number of aromatic nitrogens is 2. The molecule has 2 aromatic rings. The third kappa shape index (κ3) is 1.80. The third-order valence-corrected chi connectivity index (χ3v) is 3.24. The van der Waals surface area contributed by atoms with Crippen LogP contribution in [-0.4, -0.2) is 9.78 Å². The molecule has 1 aromatic carbocycles. The lowest BCUT2D eigenvalue weighted by atomic mass is 10.3. The lowest BCUT2D eigenvalue weighted by Crippen LogP contribution is -1.95. The first-order valence-electron chi connectivity index (χ1n) is 3.83. The summed E-state index contributed by atoms with van der Waals surface area (Å²) in [6.45, 7) is 0. The van der Waals surface area contributed by atoms with E-state index in [1.54, 1.807) is 23.0 Å². The van der Waals surface area contributed by atoms with Crippen LogP contribution in [0.4, 0.5) is 0 Å². The molecule has 0 aliphatic rings. The maximum Gasteiger partial charge on any atom is 0.132 e. The molecule has 0 unspecified atom stereocenters. The predicted octanol–water partition coefficient (Wildman–Crippen LogP) is 3.94. The summed E-state index contributed by atoms with van der Waals surface area (Å²) in [4.78, 5) is 0. The summed E-state index contributed by atoms with van der Waals surface area (Å²) in [5.74, 6) is 0. The van der Waals surface area contributed by atoms with Crippen molar-refractivity contribution in [2.24, 2.45) is 0 Å². The maximum atomic E-state index is 5.92. The smallest absolute Gasteiger partial charge is 0.132 e. The Labute approximate surface area is 99.6 Å². The Kier molecular flexibility index (Phi) is 2.81. The Bertz CT molecular complexity index is 468. The van der Waals surface area contributed by atoms with Gasteiger partial charge in [-0.2, -0.15) is 5.10 Å². The molecule has 2 rings (SSSR count). The van der Waals surface area contributed by atoms with Crippen molar-refractivity contribution in [2.75, 3.05) is 0 Å². The zero-order valence-corrected chi connectivity index (χ0v) is 10.0. The molecule has 14 heavy (non-hydrogen) atoms. The predicted molar refractivity (Wildman–Crippen MR) is 61.3 cm³/mol.